The summed E-state index contributed by atoms with van der Waals surface area (Å²) in [6.45, 7) is 1.30. The van der Waals surface area contributed by atoms with Crippen LogP contribution in [0.5, 0.6) is 5.75 Å². The van der Waals surface area contributed by atoms with Crippen molar-refractivity contribution in [1.82, 2.24) is 9.80 Å². The standard InChI is InChI=1S/C28H34N4O9/c1-30(2)16-11-14(27(39)32-5-7-41-8-6-32)21(33)18-13(16)9-12-10-15-20(31(3)4)23(35)19(26(29)38)25(37)28(15,40)24(36)17(12)22(18)34/h11-12,15,20,33-34,37,40H,5-10H2,1-4H3,(H2,29,38)/t12?,15?,20-,28-/m0/s1. The van der Waals surface area contributed by atoms with E-state index in [-0.39, 0.29) is 29.5 Å². The monoisotopic (exact) mass is 570 g/mol. The van der Waals surface area contributed by atoms with Crippen molar-refractivity contribution in [1.29, 1.82) is 0 Å². The van der Waals surface area contributed by atoms with Gasteiger partial charge in [0.2, 0.25) is 5.78 Å². The number of aromatic hydroxyl groups is 1. The van der Waals surface area contributed by atoms with Crippen LogP contribution in [0.1, 0.15) is 27.9 Å². The third-order valence-corrected chi connectivity index (χ3v) is 8.71. The second-order valence-electron chi connectivity index (χ2n) is 11.4. The fourth-order valence-corrected chi connectivity index (χ4v) is 6.79. The number of phenols is 1. The lowest BCUT2D eigenvalue weighted by molar-refractivity contribution is -0.153. The van der Waals surface area contributed by atoms with E-state index in [0.717, 1.165) is 0 Å². The SMILES string of the molecule is CN(C)c1cc(C(=O)N2CCOCC2)c(O)c2c1CC1CC3[C@H](N(C)C)C(=O)C(C(N)=O)=C(O)[C@@]3(O)C(=O)C1=C2O. The van der Waals surface area contributed by atoms with Gasteiger partial charge in [-0.05, 0) is 44.5 Å². The molecule has 0 aromatic heterocycles. The zero-order valence-electron chi connectivity index (χ0n) is 23.3. The predicted molar refractivity (Wildman–Crippen MR) is 145 cm³/mol. The summed E-state index contributed by atoms with van der Waals surface area (Å²) in [4.78, 5) is 57.6. The smallest absolute Gasteiger partial charge is 0.257 e. The first-order chi connectivity index (χ1) is 19.2. The molecule has 1 aromatic carbocycles. The number of primary amides is 1. The Hall–Kier alpha value is -3.94. The van der Waals surface area contributed by atoms with E-state index in [9.17, 15) is 39.6 Å². The first kappa shape index (κ1) is 28.6. The quantitative estimate of drug-likeness (QED) is 0.293. The maximum atomic E-state index is 14.1. The highest BCUT2D eigenvalue weighted by molar-refractivity contribution is 6.24. The normalized spacial score (nSPS) is 28.0. The topological polar surface area (TPSA) is 194 Å². The predicted octanol–water partition coefficient (Wildman–Crippen LogP) is -0.498. The summed E-state index contributed by atoms with van der Waals surface area (Å²) >= 11 is 0. The number of hydrogen-bond donors (Lipinski definition) is 5. The molecule has 1 saturated carbocycles. The van der Waals surface area contributed by atoms with Crippen molar-refractivity contribution in [2.45, 2.75) is 24.5 Å². The number of carbonyl (C=O) groups excluding carboxylic acids is 4. The lowest BCUT2D eigenvalue weighted by Crippen LogP contribution is -2.65. The largest absolute Gasteiger partial charge is 0.508 e. The van der Waals surface area contributed by atoms with Gasteiger partial charge in [-0.25, -0.2) is 0 Å². The molecule has 2 unspecified atom stereocenters. The van der Waals surface area contributed by atoms with Crippen molar-refractivity contribution in [3.8, 4) is 5.75 Å². The van der Waals surface area contributed by atoms with Crippen LogP contribution in [0.15, 0.2) is 23.0 Å². The van der Waals surface area contributed by atoms with Crippen molar-refractivity contribution < 1.29 is 44.3 Å². The highest BCUT2D eigenvalue weighted by atomic mass is 16.5. The van der Waals surface area contributed by atoms with Crippen LogP contribution in [0.4, 0.5) is 5.69 Å². The van der Waals surface area contributed by atoms with E-state index < -0.39 is 69.7 Å². The summed E-state index contributed by atoms with van der Waals surface area (Å²) in [5.74, 6) is -7.88. The van der Waals surface area contributed by atoms with E-state index in [1.54, 1.807) is 39.2 Å². The van der Waals surface area contributed by atoms with E-state index in [2.05, 4.69) is 0 Å². The highest BCUT2D eigenvalue weighted by Gasteiger charge is 2.64. The number of morpholine rings is 1. The minimum Gasteiger partial charge on any atom is -0.508 e. The summed E-state index contributed by atoms with van der Waals surface area (Å²) in [7, 11) is 6.57. The first-order valence-corrected chi connectivity index (χ1v) is 13.3. The highest BCUT2D eigenvalue weighted by Crippen LogP contribution is 2.54. The molecule has 1 aliphatic heterocycles. The van der Waals surface area contributed by atoms with E-state index in [4.69, 9.17) is 10.5 Å². The second kappa shape index (κ2) is 9.86. The number of nitrogens with two attached hydrogens (primary N) is 1. The molecular weight excluding hydrogens is 536 g/mol. The van der Waals surface area contributed by atoms with Crippen molar-refractivity contribution >= 4 is 34.8 Å². The zero-order valence-corrected chi connectivity index (χ0v) is 23.3. The molecular formula is C28H34N4O9. The van der Waals surface area contributed by atoms with Crippen molar-refractivity contribution in [2.24, 2.45) is 17.6 Å². The Morgan fingerprint density at radius 2 is 1.73 bits per heavy atom. The van der Waals surface area contributed by atoms with Gasteiger partial charge < -0.3 is 40.7 Å². The third-order valence-electron chi connectivity index (χ3n) is 8.71. The molecule has 0 bridgehead atoms. The number of hydrogen-bond acceptors (Lipinski definition) is 11. The number of fused-ring (bicyclic) bond motifs is 3. The van der Waals surface area contributed by atoms with Crippen LogP contribution >= 0.6 is 0 Å². The molecule has 4 aliphatic rings. The van der Waals surface area contributed by atoms with Gasteiger partial charge in [0.15, 0.2) is 11.4 Å². The molecule has 13 heteroatoms. The molecule has 3 aliphatic carbocycles. The molecule has 1 aromatic rings. The summed E-state index contributed by atoms with van der Waals surface area (Å²) in [6, 6.07) is 0.383. The van der Waals surface area contributed by atoms with E-state index in [0.29, 0.717) is 37.6 Å². The second-order valence-corrected chi connectivity index (χ2v) is 11.4. The fraction of sp³-hybridized carbons (Fsp3) is 0.500. The number of benzene rings is 1. The number of aliphatic hydroxyl groups is 3. The lowest BCUT2D eigenvalue weighted by atomic mass is 9.57. The van der Waals surface area contributed by atoms with Crippen LogP contribution in [0, 0.1) is 11.8 Å². The number of likely N-dealkylation sites (N-methyl/N-ethyl adjacent to an activating group) is 1. The molecule has 6 N–H and O–H groups in total. The Morgan fingerprint density at radius 3 is 2.29 bits per heavy atom. The van der Waals surface area contributed by atoms with E-state index in [1.165, 1.54) is 9.80 Å². The van der Waals surface area contributed by atoms with Gasteiger partial charge in [0, 0.05) is 44.4 Å². The molecule has 220 valence electrons. The van der Waals surface area contributed by atoms with E-state index >= 15 is 0 Å². The van der Waals surface area contributed by atoms with Crippen LogP contribution in [0.2, 0.25) is 0 Å². The van der Waals surface area contributed by atoms with Gasteiger partial charge >= 0.3 is 0 Å². The van der Waals surface area contributed by atoms with Gasteiger partial charge in [-0.2, -0.15) is 0 Å². The van der Waals surface area contributed by atoms with Crippen LogP contribution < -0.4 is 10.6 Å². The first-order valence-electron chi connectivity index (χ1n) is 13.3. The average molecular weight is 571 g/mol. The molecule has 2 amide bonds. The molecule has 0 radical (unpaired) electrons. The number of Topliss-reactive ketones (excluding diaryl/α,β-unsaturated/α-hetero) is 2. The molecule has 1 heterocycles. The van der Waals surface area contributed by atoms with Crippen molar-refractivity contribution in [3.63, 3.8) is 0 Å². The Labute approximate surface area is 236 Å². The van der Waals surface area contributed by atoms with Gasteiger partial charge in [-0.3, -0.25) is 24.1 Å². The number of carbonyl (C=O) groups is 4. The summed E-state index contributed by atoms with van der Waals surface area (Å²) in [5, 5.41) is 45.7. The van der Waals surface area contributed by atoms with Gasteiger partial charge in [-0.15, -0.1) is 0 Å². The molecule has 1 saturated heterocycles. The fourth-order valence-electron chi connectivity index (χ4n) is 6.79. The molecule has 41 heavy (non-hydrogen) atoms. The third kappa shape index (κ3) is 4.02. The van der Waals surface area contributed by atoms with Crippen molar-refractivity contribution in [2.75, 3.05) is 59.4 Å². The van der Waals surface area contributed by atoms with Crippen LogP contribution in [-0.4, -0.2) is 120 Å². The lowest BCUT2D eigenvalue weighted by Gasteiger charge is -2.50. The number of nitrogens with zero attached hydrogens (tertiary/aromatic N) is 3. The number of anilines is 1. The molecule has 13 nitrogen and oxygen atoms in total. The van der Waals surface area contributed by atoms with Crippen LogP contribution in [0.25, 0.3) is 5.76 Å². The number of rotatable bonds is 4. The average Bonchev–Trinajstić information content (AvgIpc) is 2.90. The summed E-state index contributed by atoms with van der Waals surface area (Å²) in [6.07, 6.45) is 0.107. The molecule has 2 fully saturated rings. The number of phenolic OH excluding ortho intramolecular Hbond substituents is 1. The van der Waals surface area contributed by atoms with Gasteiger partial charge in [0.1, 0.15) is 22.8 Å². The van der Waals surface area contributed by atoms with Crippen LogP contribution in [-0.2, 0) is 25.5 Å². The van der Waals surface area contributed by atoms with Crippen LogP contribution in [0.3, 0.4) is 0 Å². The number of aliphatic hydroxyl groups excluding tert-OH is 2. The van der Waals surface area contributed by atoms with Gasteiger partial charge in [-0.1, -0.05) is 0 Å². The number of ketones is 2. The minimum absolute atomic E-state index is 0.0200. The molecule has 4 atom stereocenters. The Kier molecular flexibility index (Phi) is 6.87. The number of amides is 2. The maximum absolute atomic E-state index is 14.1. The van der Waals surface area contributed by atoms with E-state index in [1.807, 2.05) is 0 Å². The minimum atomic E-state index is -2.73. The maximum Gasteiger partial charge on any atom is 0.257 e. The zero-order chi connectivity index (χ0) is 30.1. The summed E-state index contributed by atoms with van der Waals surface area (Å²) < 4.78 is 5.32. The Morgan fingerprint density at radius 1 is 1.10 bits per heavy atom. The number of ether oxygens (including phenoxy) is 1. The molecule has 0 spiro atoms. The Balaban J connectivity index is 1.72. The molecule has 5 rings (SSSR count). The van der Waals surface area contributed by atoms with Gasteiger partial charge in [0.25, 0.3) is 11.8 Å². The van der Waals surface area contributed by atoms with Crippen molar-refractivity contribution in [3.05, 3.63) is 39.7 Å². The van der Waals surface area contributed by atoms with Gasteiger partial charge in [0.05, 0.1) is 30.4 Å². The Bertz CT molecular complexity index is 1440. The summed E-state index contributed by atoms with van der Waals surface area (Å²) in [5.41, 5.74) is 2.32.